The second-order valence-electron chi connectivity index (χ2n) is 6.09. The zero-order valence-corrected chi connectivity index (χ0v) is 14.2. The Bertz CT molecular complexity index is 664. The van der Waals surface area contributed by atoms with Crippen LogP contribution in [0.3, 0.4) is 0 Å². The number of guanidine groups is 1. The van der Waals surface area contributed by atoms with Gasteiger partial charge in [-0.3, -0.25) is 9.39 Å². The van der Waals surface area contributed by atoms with Gasteiger partial charge < -0.3 is 15.4 Å². The van der Waals surface area contributed by atoms with Crippen molar-refractivity contribution in [2.75, 3.05) is 33.4 Å². The molecule has 0 amide bonds. The molecule has 7 nitrogen and oxygen atoms in total. The minimum atomic E-state index is 0.757. The van der Waals surface area contributed by atoms with Crippen LogP contribution in [0.1, 0.15) is 25.1 Å². The second-order valence-corrected chi connectivity index (χ2v) is 6.09. The molecule has 0 spiro atoms. The van der Waals surface area contributed by atoms with Gasteiger partial charge in [-0.2, -0.15) is 0 Å². The van der Waals surface area contributed by atoms with Crippen LogP contribution in [0.25, 0.3) is 5.65 Å². The molecule has 2 heterocycles. The van der Waals surface area contributed by atoms with Crippen molar-refractivity contribution in [3.05, 3.63) is 30.2 Å². The van der Waals surface area contributed by atoms with Crippen LogP contribution in [0.5, 0.6) is 0 Å². The van der Waals surface area contributed by atoms with Crippen LogP contribution in [-0.4, -0.2) is 53.9 Å². The van der Waals surface area contributed by atoms with Crippen LogP contribution in [-0.2, 0) is 11.2 Å². The topological polar surface area (TPSA) is 75.8 Å². The lowest BCUT2D eigenvalue weighted by molar-refractivity contribution is 0.123. The third kappa shape index (κ3) is 4.92. The lowest BCUT2D eigenvalue weighted by Gasteiger charge is -2.11. The molecular weight excluding hydrogens is 304 g/mol. The molecule has 2 aromatic rings. The molecule has 0 aliphatic heterocycles. The summed E-state index contributed by atoms with van der Waals surface area (Å²) in [4.78, 5) is 4.24. The van der Waals surface area contributed by atoms with Crippen LogP contribution >= 0.6 is 0 Å². The predicted molar refractivity (Wildman–Crippen MR) is 94.2 cm³/mol. The van der Waals surface area contributed by atoms with Gasteiger partial charge in [0.2, 0.25) is 0 Å². The van der Waals surface area contributed by atoms with E-state index in [1.54, 1.807) is 7.05 Å². The Labute approximate surface area is 142 Å². The van der Waals surface area contributed by atoms with E-state index in [0.29, 0.717) is 0 Å². The Morgan fingerprint density at radius 1 is 1.29 bits per heavy atom. The summed E-state index contributed by atoms with van der Waals surface area (Å²) in [6.07, 6.45) is 6.45. The maximum absolute atomic E-state index is 5.63. The molecule has 0 atom stereocenters. The van der Waals surface area contributed by atoms with Crippen LogP contribution < -0.4 is 10.6 Å². The smallest absolute Gasteiger partial charge is 0.190 e. The van der Waals surface area contributed by atoms with Crippen LogP contribution in [0, 0.1) is 5.92 Å². The van der Waals surface area contributed by atoms with Gasteiger partial charge in [0.25, 0.3) is 0 Å². The first-order chi connectivity index (χ1) is 11.9. The molecule has 24 heavy (non-hydrogen) atoms. The minimum Gasteiger partial charge on any atom is -0.381 e. The largest absolute Gasteiger partial charge is 0.381 e. The Morgan fingerprint density at radius 3 is 3.00 bits per heavy atom. The van der Waals surface area contributed by atoms with Crippen LogP contribution in [0.4, 0.5) is 0 Å². The van der Waals surface area contributed by atoms with E-state index in [2.05, 4.69) is 25.8 Å². The van der Waals surface area contributed by atoms with Gasteiger partial charge in [-0.25, -0.2) is 0 Å². The molecule has 1 saturated carbocycles. The van der Waals surface area contributed by atoms with E-state index in [1.165, 1.54) is 12.8 Å². The number of hydrogen-bond acceptors (Lipinski definition) is 4. The van der Waals surface area contributed by atoms with Crippen molar-refractivity contribution >= 4 is 11.6 Å². The fourth-order valence-electron chi connectivity index (χ4n) is 2.49. The average molecular weight is 330 g/mol. The maximum Gasteiger partial charge on any atom is 0.190 e. The molecule has 130 valence electrons. The zero-order valence-electron chi connectivity index (χ0n) is 14.2. The molecule has 0 saturated heterocycles. The molecule has 0 radical (unpaired) electrons. The van der Waals surface area contributed by atoms with E-state index in [1.807, 2.05) is 28.8 Å². The lowest BCUT2D eigenvalue weighted by atomic mass is 10.4. The molecular formula is C17H26N6O. The Hall–Kier alpha value is -2.15. The number of fused-ring (bicyclic) bond motifs is 1. The monoisotopic (exact) mass is 330 g/mol. The van der Waals surface area contributed by atoms with E-state index < -0.39 is 0 Å². The SMILES string of the molecule is CN=C(NCCCOCC1CC1)NCCc1nnc2ccccn12. The number of nitrogens with zero attached hydrogens (tertiary/aromatic N) is 4. The highest BCUT2D eigenvalue weighted by Gasteiger charge is 2.20. The van der Waals surface area contributed by atoms with Gasteiger partial charge in [0, 0.05) is 46.0 Å². The highest BCUT2D eigenvalue weighted by molar-refractivity contribution is 5.79. The Morgan fingerprint density at radius 2 is 2.17 bits per heavy atom. The normalized spacial score (nSPS) is 15.0. The number of rotatable bonds is 9. The summed E-state index contributed by atoms with van der Waals surface area (Å²) in [5.74, 6) is 2.59. The highest BCUT2D eigenvalue weighted by Crippen LogP contribution is 2.28. The predicted octanol–water partition coefficient (Wildman–Crippen LogP) is 1.25. The van der Waals surface area contributed by atoms with E-state index in [4.69, 9.17) is 4.74 Å². The molecule has 1 aliphatic rings. The summed E-state index contributed by atoms with van der Waals surface area (Å²) in [7, 11) is 1.78. The first-order valence-electron chi connectivity index (χ1n) is 8.67. The van der Waals surface area contributed by atoms with Crippen molar-refractivity contribution in [2.24, 2.45) is 10.9 Å². The molecule has 0 aromatic carbocycles. The van der Waals surface area contributed by atoms with Gasteiger partial charge in [-0.05, 0) is 37.3 Å². The zero-order chi connectivity index (χ0) is 16.6. The van der Waals surface area contributed by atoms with Crippen molar-refractivity contribution in [2.45, 2.75) is 25.7 Å². The summed E-state index contributed by atoms with van der Waals surface area (Å²) in [5, 5.41) is 15.0. The molecule has 2 N–H and O–H groups in total. The third-order valence-corrected chi connectivity index (χ3v) is 4.06. The average Bonchev–Trinajstić information content (AvgIpc) is 3.35. The number of hydrogen-bond donors (Lipinski definition) is 2. The standard InChI is InChI=1S/C17H26N6O/c1-18-17(19-9-4-12-24-13-14-6-7-14)20-10-8-16-22-21-15-5-2-3-11-23(15)16/h2-3,5,11,14H,4,6-10,12-13H2,1H3,(H2,18,19,20). The quantitative estimate of drug-likeness (QED) is 0.411. The summed E-state index contributed by atoms with van der Waals surface area (Å²) in [5.41, 5.74) is 0.876. The molecule has 1 aliphatic carbocycles. The van der Waals surface area contributed by atoms with E-state index in [-0.39, 0.29) is 0 Å². The molecule has 0 bridgehead atoms. The summed E-state index contributed by atoms with van der Waals surface area (Å²) >= 11 is 0. The fourth-order valence-corrected chi connectivity index (χ4v) is 2.49. The summed E-state index contributed by atoms with van der Waals surface area (Å²) in [6.45, 7) is 3.36. The summed E-state index contributed by atoms with van der Waals surface area (Å²) < 4.78 is 7.63. The first kappa shape index (κ1) is 16.7. The summed E-state index contributed by atoms with van der Waals surface area (Å²) in [6, 6.07) is 5.90. The van der Waals surface area contributed by atoms with Gasteiger partial charge in [-0.1, -0.05) is 6.07 Å². The number of pyridine rings is 1. The molecule has 0 unspecified atom stereocenters. The number of aromatic nitrogens is 3. The molecule has 3 rings (SSSR count). The van der Waals surface area contributed by atoms with Crippen molar-refractivity contribution in [3.8, 4) is 0 Å². The molecule has 7 heteroatoms. The van der Waals surface area contributed by atoms with Crippen molar-refractivity contribution in [1.82, 2.24) is 25.2 Å². The van der Waals surface area contributed by atoms with Gasteiger partial charge in [0.1, 0.15) is 5.82 Å². The van der Waals surface area contributed by atoms with E-state index >= 15 is 0 Å². The third-order valence-electron chi connectivity index (χ3n) is 4.06. The minimum absolute atomic E-state index is 0.757. The number of aliphatic imine (C=N–C) groups is 1. The van der Waals surface area contributed by atoms with Gasteiger partial charge in [0.15, 0.2) is 11.6 Å². The highest BCUT2D eigenvalue weighted by atomic mass is 16.5. The van der Waals surface area contributed by atoms with Crippen molar-refractivity contribution in [3.63, 3.8) is 0 Å². The van der Waals surface area contributed by atoms with Crippen LogP contribution in [0.2, 0.25) is 0 Å². The van der Waals surface area contributed by atoms with E-state index in [0.717, 1.165) is 62.5 Å². The first-order valence-corrected chi connectivity index (χ1v) is 8.67. The fraction of sp³-hybridized carbons (Fsp3) is 0.588. The van der Waals surface area contributed by atoms with Crippen LogP contribution in [0.15, 0.2) is 29.4 Å². The van der Waals surface area contributed by atoms with Gasteiger partial charge >= 0.3 is 0 Å². The molecule has 2 aromatic heterocycles. The van der Waals surface area contributed by atoms with E-state index in [9.17, 15) is 0 Å². The van der Waals surface area contributed by atoms with Crippen molar-refractivity contribution < 1.29 is 4.74 Å². The second kappa shape index (κ2) is 8.63. The van der Waals surface area contributed by atoms with Gasteiger partial charge in [-0.15, -0.1) is 10.2 Å². The lowest BCUT2D eigenvalue weighted by Crippen LogP contribution is -2.39. The van der Waals surface area contributed by atoms with Crippen molar-refractivity contribution in [1.29, 1.82) is 0 Å². The number of nitrogens with one attached hydrogen (secondary N) is 2. The maximum atomic E-state index is 5.63. The Balaban J connectivity index is 1.32. The molecule has 1 fully saturated rings. The Kier molecular flexibility index (Phi) is 6.01. The number of ether oxygens (including phenoxy) is 1. The van der Waals surface area contributed by atoms with Gasteiger partial charge in [0.05, 0.1) is 0 Å².